The smallest absolute Gasteiger partial charge is 0.197 e. The number of nitriles is 1. The van der Waals surface area contributed by atoms with Gasteiger partial charge in [0.15, 0.2) is 23.1 Å². The number of nitrogens with zero attached hydrogens (tertiary/aromatic N) is 3. The highest BCUT2D eigenvalue weighted by atomic mass is 19.1. The minimum atomic E-state index is -0.614. The molecule has 1 aliphatic carbocycles. The molecule has 0 unspecified atom stereocenters. The first-order valence-electron chi connectivity index (χ1n) is 13.5. The molecule has 2 aliphatic heterocycles. The summed E-state index contributed by atoms with van der Waals surface area (Å²) in [6.07, 6.45) is 1.44. The molecule has 206 valence electrons. The third kappa shape index (κ3) is 4.36. The summed E-state index contributed by atoms with van der Waals surface area (Å²) in [6, 6.07) is 7.64. The number of ether oxygens (including phenoxy) is 3. The lowest BCUT2D eigenvalue weighted by atomic mass is 9.84. The number of halogens is 1. The standard InChI is InChI=1S/C30H35FN4O4/c1-6-37-23-16-19-24(25(31)27(23)38-7-2)28(33)35(30(19)8-9-30)17-22(36)18-14-20(29(3,4)5)26-21(15-18)34(11-10-32)12-13-39-26/h14-16,33H,6-9,11-13,17H2,1-5H3. The number of nitrogens with one attached hydrogen (secondary N) is 1. The van der Waals surface area contributed by atoms with Gasteiger partial charge >= 0.3 is 0 Å². The summed E-state index contributed by atoms with van der Waals surface area (Å²) in [7, 11) is 0. The van der Waals surface area contributed by atoms with Crippen LogP contribution < -0.4 is 19.1 Å². The topological polar surface area (TPSA) is 98.9 Å². The maximum Gasteiger partial charge on any atom is 0.197 e. The van der Waals surface area contributed by atoms with Gasteiger partial charge in [0.2, 0.25) is 0 Å². The van der Waals surface area contributed by atoms with Crippen LogP contribution in [-0.2, 0) is 11.0 Å². The largest absolute Gasteiger partial charge is 0.490 e. The number of amidine groups is 1. The lowest BCUT2D eigenvalue weighted by molar-refractivity contribution is 0.0943. The summed E-state index contributed by atoms with van der Waals surface area (Å²) < 4.78 is 33.1. The Hall–Kier alpha value is -3.80. The van der Waals surface area contributed by atoms with E-state index >= 15 is 4.39 Å². The Kier molecular flexibility index (Phi) is 6.69. The molecule has 39 heavy (non-hydrogen) atoms. The van der Waals surface area contributed by atoms with Crippen molar-refractivity contribution < 1.29 is 23.4 Å². The highest BCUT2D eigenvalue weighted by Gasteiger charge is 2.58. The normalized spacial score (nSPS) is 16.9. The van der Waals surface area contributed by atoms with Crippen LogP contribution in [0.5, 0.6) is 17.2 Å². The summed E-state index contributed by atoms with van der Waals surface area (Å²) in [6.45, 7) is 11.5. The second-order valence-electron chi connectivity index (χ2n) is 11.2. The number of carbonyl (C=O) groups is 1. The first kappa shape index (κ1) is 26.8. The van der Waals surface area contributed by atoms with Crippen LogP contribution in [0.1, 0.15) is 74.5 Å². The molecular formula is C30H35FN4O4. The van der Waals surface area contributed by atoms with Crippen LogP contribution in [0.25, 0.3) is 0 Å². The highest BCUT2D eigenvalue weighted by Crippen LogP contribution is 2.59. The minimum Gasteiger partial charge on any atom is -0.490 e. The Morgan fingerprint density at radius 3 is 2.54 bits per heavy atom. The predicted molar refractivity (Wildman–Crippen MR) is 146 cm³/mol. The van der Waals surface area contributed by atoms with Crippen molar-refractivity contribution in [2.45, 2.75) is 58.4 Å². The van der Waals surface area contributed by atoms with Gasteiger partial charge in [0.1, 0.15) is 24.7 Å². The summed E-state index contributed by atoms with van der Waals surface area (Å²) in [5.41, 5.74) is 2.06. The van der Waals surface area contributed by atoms with Crippen molar-refractivity contribution in [2.24, 2.45) is 0 Å². The lowest BCUT2D eigenvalue weighted by Crippen LogP contribution is -2.38. The van der Waals surface area contributed by atoms with Crippen LogP contribution in [-0.4, -0.2) is 56.0 Å². The summed E-state index contributed by atoms with van der Waals surface area (Å²) in [5, 5.41) is 18.3. The van der Waals surface area contributed by atoms with E-state index in [1.165, 1.54) is 0 Å². The Bertz CT molecular complexity index is 1390. The monoisotopic (exact) mass is 534 g/mol. The van der Waals surface area contributed by atoms with Crippen LogP contribution in [0.3, 0.4) is 0 Å². The number of rotatable bonds is 8. The van der Waals surface area contributed by atoms with E-state index in [9.17, 15) is 10.1 Å². The number of anilines is 1. The molecule has 0 amide bonds. The second-order valence-corrected chi connectivity index (χ2v) is 11.2. The molecular weight excluding hydrogens is 499 g/mol. The zero-order valence-electron chi connectivity index (χ0n) is 23.2. The fourth-order valence-electron chi connectivity index (χ4n) is 5.71. The zero-order chi connectivity index (χ0) is 28.1. The van der Waals surface area contributed by atoms with Crippen LogP contribution in [0.2, 0.25) is 0 Å². The molecule has 5 rings (SSSR count). The van der Waals surface area contributed by atoms with Crippen molar-refractivity contribution in [1.29, 1.82) is 10.7 Å². The fraction of sp³-hybridized carbons (Fsp3) is 0.500. The molecule has 2 heterocycles. The van der Waals surface area contributed by atoms with Crippen LogP contribution in [0.15, 0.2) is 18.2 Å². The second kappa shape index (κ2) is 9.74. The van der Waals surface area contributed by atoms with Crippen LogP contribution >= 0.6 is 0 Å². The molecule has 1 spiro atoms. The number of hydrogen-bond donors (Lipinski definition) is 1. The maximum absolute atomic E-state index is 15.8. The van der Waals surface area contributed by atoms with E-state index < -0.39 is 11.4 Å². The van der Waals surface area contributed by atoms with E-state index in [0.29, 0.717) is 42.4 Å². The van der Waals surface area contributed by atoms with Gasteiger partial charge in [-0.3, -0.25) is 10.2 Å². The number of benzene rings is 2. The van der Waals surface area contributed by atoms with Crippen molar-refractivity contribution in [1.82, 2.24) is 4.90 Å². The number of fused-ring (bicyclic) bond motifs is 3. The average Bonchev–Trinajstić information content (AvgIpc) is 3.66. The third-order valence-electron chi connectivity index (χ3n) is 7.74. The highest BCUT2D eigenvalue weighted by molar-refractivity contribution is 6.08. The van der Waals surface area contributed by atoms with Crippen molar-refractivity contribution in [3.8, 4) is 23.3 Å². The molecule has 0 saturated heterocycles. The molecule has 9 heteroatoms. The number of Topliss-reactive ketones (excluding diaryl/α,β-unsaturated/α-hetero) is 1. The minimum absolute atomic E-state index is 0.00826. The molecule has 1 fully saturated rings. The van der Waals surface area contributed by atoms with Gasteiger partial charge in [-0.2, -0.15) is 5.26 Å². The van der Waals surface area contributed by atoms with E-state index in [1.54, 1.807) is 24.0 Å². The van der Waals surface area contributed by atoms with Gasteiger partial charge in [-0.1, -0.05) is 20.8 Å². The average molecular weight is 535 g/mol. The molecule has 3 aliphatic rings. The van der Waals surface area contributed by atoms with E-state index in [-0.39, 0.29) is 48.0 Å². The van der Waals surface area contributed by atoms with Gasteiger partial charge in [-0.25, -0.2) is 4.39 Å². The summed E-state index contributed by atoms with van der Waals surface area (Å²) in [4.78, 5) is 17.5. The Balaban J connectivity index is 1.53. The zero-order valence-corrected chi connectivity index (χ0v) is 23.2. The first-order chi connectivity index (χ1) is 18.6. The van der Waals surface area contributed by atoms with Crippen molar-refractivity contribution in [2.75, 3.05) is 44.4 Å². The van der Waals surface area contributed by atoms with E-state index in [4.69, 9.17) is 19.6 Å². The number of carbonyl (C=O) groups excluding carboxylic acids is 1. The number of hydrogen-bond acceptors (Lipinski definition) is 7. The number of ketones is 1. The molecule has 8 nitrogen and oxygen atoms in total. The molecule has 2 aromatic carbocycles. The summed E-state index contributed by atoms with van der Waals surface area (Å²) in [5.74, 6) is 0.233. The van der Waals surface area contributed by atoms with Gasteiger partial charge in [0, 0.05) is 11.1 Å². The fourth-order valence-corrected chi connectivity index (χ4v) is 5.71. The lowest BCUT2D eigenvalue weighted by Gasteiger charge is -2.34. The Morgan fingerprint density at radius 1 is 1.21 bits per heavy atom. The molecule has 1 N–H and O–H groups in total. The van der Waals surface area contributed by atoms with Crippen molar-refractivity contribution >= 4 is 17.3 Å². The maximum atomic E-state index is 15.8. The van der Waals surface area contributed by atoms with E-state index in [2.05, 4.69) is 26.8 Å². The van der Waals surface area contributed by atoms with Gasteiger partial charge in [0.25, 0.3) is 0 Å². The SMILES string of the molecule is CCOc1cc2c(c(F)c1OCC)C(=N)N(CC(=O)c1cc3c(c(C(C)(C)C)c1)OCCN3CC#N)C21CC1. The van der Waals surface area contributed by atoms with Crippen molar-refractivity contribution in [3.63, 3.8) is 0 Å². The Labute approximate surface area is 228 Å². The van der Waals surface area contributed by atoms with Crippen LogP contribution in [0, 0.1) is 22.6 Å². The molecule has 0 bridgehead atoms. The predicted octanol–water partition coefficient (Wildman–Crippen LogP) is 5.16. The van der Waals surface area contributed by atoms with Gasteiger partial charge in [-0.05, 0) is 55.9 Å². The molecule has 0 aromatic heterocycles. The third-order valence-corrected chi connectivity index (χ3v) is 7.74. The van der Waals surface area contributed by atoms with Crippen molar-refractivity contribution in [3.05, 3.63) is 46.3 Å². The Morgan fingerprint density at radius 2 is 1.92 bits per heavy atom. The first-order valence-corrected chi connectivity index (χ1v) is 13.5. The van der Waals surface area contributed by atoms with Gasteiger partial charge in [0.05, 0.1) is 49.2 Å². The molecule has 1 saturated carbocycles. The van der Waals surface area contributed by atoms with Gasteiger partial charge in [-0.15, -0.1) is 0 Å². The van der Waals surface area contributed by atoms with E-state index in [1.807, 2.05) is 17.9 Å². The van der Waals surface area contributed by atoms with Gasteiger partial charge < -0.3 is 24.0 Å². The molecule has 0 radical (unpaired) electrons. The molecule has 2 aromatic rings. The van der Waals surface area contributed by atoms with Crippen LogP contribution in [0.4, 0.5) is 10.1 Å². The summed E-state index contributed by atoms with van der Waals surface area (Å²) >= 11 is 0. The quantitative estimate of drug-likeness (QED) is 0.369. The molecule has 0 atom stereocenters. The van der Waals surface area contributed by atoms with E-state index in [0.717, 1.165) is 24.1 Å².